The standard InChI is InChI=1S/C15H19N3O2/c1-9-5-6-11-7-12(8-16-15(20)18(3)4)14(19)17-13(11)10(9)2/h5-7H,8H2,1-4H3,(H,16,20)(H,17,19). The Morgan fingerprint density at radius 3 is 2.65 bits per heavy atom. The summed E-state index contributed by atoms with van der Waals surface area (Å²) < 4.78 is 0. The first kappa shape index (κ1) is 14.1. The van der Waals surface area contributed by atoms with E-state index in [-0.39, 0.29) is 18.1 Å². The Morgan fingerprint density at radius 2 is 2.00 bits per heavy atom. The van der Waals surface area contributed by atoms with E-state index in [9.17, 15) is 9.59 Å². The Labute approximate surface area is 117 Å². The number of aromatic nitrogens is 1. The zero-order valence-corrected chi connectivity index (χ0v) is 12.2. The van der Waals surface area contributed by atoms with Crippen LogP contribution in [0.25, 0.3) is 10.9 Å². The lowest BCUT2D eigenvalue weighted by atomic mass is 10.0. The molecule has 2 amide bonds. The maximum Gasteiger partial charge on any atom is 0.317 e. The van der Waals surface area contributed by atoms with Gasteiger partial charge in [-0.1, -0.05) is 12.1 Å². The second kappa shape index (κ2) is 5.36. The van der Waals surface area contributed by atoms with Crippen LogP contribution >= 0.6 is 0 Å². The van der Waals surface area contributed by atoms with E-state index in [2.05, 4.69) is 10.3 Å². The number of pyridine rings is 1. The molecule has 20 heavy (non-hydrogen) atoms. The fourth-order valence-electron chi connectivity index (χ4n) is 2.03. The molecule has 0 aliphatic carbocycles. The topological polar surface area (TPSA) is 65.2 Å². The second-order valence-corrected chi connectivity index (χ2v) is 5.15. The molecular formula is C15H19N3O2. The van der Waals surface area contributed by atoms with Crippen molar-refractivity contribution in [3.8, 4) is 0 Å². The van der Waals surface area contributed by atoms with Crippen molar-refractivity contribution >= 4 is 16.9 Å². The van der Waals surface area contributed by atoms with Crippen LogP contribution in [0.15, 0.2) is 23.0 Å². The van der Waals surface area contributed by atoms with E-state index in [4.69, 9.17) is 0 Å². The average molecular weight is 273 g/mol. The lowest BCUT2D eigenvalue weighted by molar-refractivity contribution is 0.217. The summed E-state index contributed by atoms with van der Waals surface area (Å²) in [5.41, 5.74) is 3.46. The Balaban J connectivity index is 2.37. The minimum atomic E-state index is -0.218. The number of carbonyl (C=O) groups excluding carboxylic acids is 1. The highest BCUT2D eigenvalue weighted by molar-refractivity contribution is 5.83. The maximum absolute atomic E-state index is 12.1. The molecule has 0 unspecified atom stereocenters. The van der Waals surface area contributed by atoms with Crippen LogP contribution < -0.4 is 10.9 Å². The van der Waals surface area contributed by atoms with Gasteiger partial charge in [-0.25, -0.2) is 4.79 Å². The fraction of sp³-hybridized carbons (Fsp3) is 0.333. The Kier molecular flexibility index (Phi) is 3.79. The highest BCUT2D eigenvalue weighted by Crippen LogP contribution is 2.18. The zero-order chi connectivity index (χ0) is 14.9. The third-order valence-corrected chi connectivity index (χ3v) is 3.46. The number of amides is 2. The molecule has 1 aromatic carbocycles. The summed E-state index contributed by atoms with van der Waals surface area (Å²) in [5.74, 6) is 0. The molecule has 1 aromatic heterocycles. The van der Waals surface area contributed by atoms with Crippen LogP contribution in [0.4, 0.5) is 4.79 Å². The lowest BCUT2D eigenvalue weighted by Crippen LogP contribution is -2.35. The van der Waals surface area contributed by atoms with Gasteiger partial charge in [-0.15, -0.1) is 0 Å². The number of hydrogen-bond donors (Lipinski definition) is 2. The predicted molar refractivity (Wildman–Crippen MR) is 80.0 cm³/mol. The summed E-state index contributed by atoms with van der Waals surface area (Å²) in [6.45, 7) is 4.22. The summed E-state index contributed by atoms with van der Waals surface area (Å²) in [6.07, 6.45) is 0. The van der Waals surface area contributed by atoms with E-state index in [1.54, 1.807) is 14.1 Å². The predicted octanol–water partition coefficient (Wildman–Crippen LogP) is 1.92. The maximum atomic E-state index is 12.1. The normalized spacial score (nSPS) is 10.6. The minimum Gasteiger partial charge on any atom is -0.334 e. The van der Waals surface area contributed by atoms with Crippen LogP contribution in [0, 0.1) is 13.8 Å². The first-order chi connectivity index (χ1) is 9.40. The first-order valence-electron chi connectivity index (χ1n) is 6.47. The van der Waals surface area contributed by atoms with E-state index < -0.39 is 0 Å². The third kappa shape index (κ3) is 2.66. The van der Waals surface area contributed by atoms with Crippen molar-refractivity contribution in [3.05, 3.63) is 45.2 Å². The van der Waals surface area contributed by atoms with Gasteiger partial charge in [-0.3, -0.25) is 4.79 Å². The largest absolute Gasteiger partial charge is 0.334 e. The molecule has 106 valence electrons. The lowest BCUT2D eigenvalue weighted by Gasteiger charge is -2.12. The number of H-pyrrole nitrogens is 1. The quantitative estimate of drug-likeness (QED) is 0.878. The van der Waals surface area contributed by atoms with Crippen LogP contribution in [0.2, 0.25) is 0 Å². The Morgan fingerprint density at radius 1 is 1.30 bits per heavy atom. The summed E-state index contributed by atoms with van der Waals surface area (Å²) in [5, 5.41) is 3.67. The van der Waals surface area contributed by atoms with Crippen molar-refractivity contribution in [2.75, 3.05) is 14.1 Å². The highest BCUT2D eigenvalue weighted by Gasteiger charge is 2.08. The number of carbonyl (C=O) groups is 1. The Hall–Kier alpha value is -2.30. The molecule has 2 N–H and O–H groups in total. The van der Waals surface area contributed by atoms with Gasteiger partial charge in [0, 0.05) is 26.2 Å². The third-order valence-electron chi connectivity index (χ3n) is 3.46. The van der Waals surface area contributed by atoms with Crippen LogP contribution in [-0.2, 0) is 6.54 Å². The molecule has 0 bridgehead atoms. The van der Waals surface area contributed by atoms with Crippen molar-refractivity contribution < 1.29 is 4.79 Å². The molecule has 2 aromatic rings. The molecule has 0 atom stereocenters. The van der Waals surface area contributed by atoms with Gasteiger partial charge in [-0.05, 0) is 36.4 Å². The molecule has 0 aliphatic heterocycles. The number of urea groups is 1. The van der Waals surface area contributed by atoms with Crippen LogP contribution in [-0.4, -0.2) is 30.0 Å². The molecule has 0 radical (unpaired) electrons. The van der Waals surface area contributed by atoms with Gasteiger partial charge in [0.25, 0.3) is 5.56 Å². The fourth-order valence-corrected chi connectivity index (χ4v) is 2.03. The average Bonchev–Trinajstić information content (AvgIpc) is 2.41. The number of benzene rings is 1. The van der Waals surface area contributed by atoms with Crippen LogP contribution in [0.1, 0.15) is 16.7 Å². The molecule has 0 fully saturated rings. The monoisotopic (exact) mass is 273 g/mol. The van der Waals surface area contributed by atoms with Gasteiger partial charge >= 0.3 is 6.03 Å². The number of nitrogens with zero attached hydrogens (tertiary/aromatic N) is 1. The van der Waals surface area contributed by atoms with Gasteiger partial charge < -0.3 is 15.2 Å². The van der Waals surface area contributed by atoms with E-state index in [0.717, 1.165) is 22.0 Å². The number of hydrogen-bond acceptors (Lipinski definition) is 2. The molecular weight excluding hydrogens is 254 g/mol. The van der Waals surface area contributed by atoms with E-state index in [1.807, 2.05) is 32.0 Å². The molecule has 5 heteroatoms. The Bertz CT molecular complexity index is 717. The van der Waals surface area contributed by atoms with Gasteiger partial charge in [-0.2, -0.15) is 0 Å². The van der Waals surface area contributed by atoms with Gasteiger partial charge in [0.2, 0.25) is 0 Å². The SMILES string of the molecule is Cc1ccc2cc(CNC(=O)N(C)C)c(=O)[nH]c2c1C. The van der Waals surface area contributed by atoms with E-state index in [0.29, 0.717) is 5.56 Å². The summed E-state index contributed by atoms with van der Waals surface area (Å²) in [7, 11) is 3.32. The molecule has 0 spiro atoms. The van der Waals surface area contributed by atoms with Crippen molar-refractivity contribution in [3.63, 3.8) is 0 Å². The molecule has 0 aliphatic rings. The number of fused-ring (bicyclic) bond motifs is 1. The molecule has 0 saturated heterocycles. The number of rotatable bonds is 2. The highest BCUT2D eigenvalue weighted by atomic mass is 16.2. The first-order valence-corrected chi connectivity index (χ1v) is 6.47. The van der Waals surface area contributed by atoms with Crippen molar-refractivity contribution in [1.29, 1.82) is 0 Å². The number of aryl methyl sites for hydroxylation is 2. The van der Waals surface area contributed by atoms with E-state index >= 15 is 0 Å². The summed E-state index contributed by atoms with van der Waals surface area (Å²) >= 11 is 0. The molecule has 1 heterocycles. The van der Waals surface area contributed by atoms with Gasteiger partial charge in [0.05, 0.1) is 5.52 Å². The molecule has 0 saturated carbocycles. The molecule has 5 nitrogen and oxygen atoms in total. The van der Waals surface area contributed by atoms with Gasteiger partial charge in [0.1, 0.15) is 0 Å². The number of aromatic amines is 1. The van der Waals surface area contributed by atoms with Crippen LogP contribution in [0.3, 0.4) is 0 Å². The van der Waals surface area contributed by atoms with Crippen molar-refractivity contribution in [2.45, 2.75) is 20.4 Å². The van der Waals surface area contributed by atoms with Crippen molar-refractivity contribution in [1.82, 2.24) is 15.2 Å². The van der Waals surface area contributed by atoms with Gasteiger partial charge in [0.15, 0.2) is 0 Å². The smallest absolute Gasteiger partial charge is 0.317 e. The van der Waals surface area contributed by atoms with Crippen LogP contribution in [0.5, 0.6) is 0 Å². The second-order valence-electron chi connectivity index (χ2n) is 5.15. The minimum absolute atomic E-state index is 0.162. The zero-order valence-electron chi connectivity index (χ0n) is 12.2. The molecule has 2 rings (SSSR count). The van der Waals surface area contributed by atoms with Crippen molar-refractivity contribution in [2.24, 2.45) is 0 Å². The van der Waals surface area contributed by atoms with E-state index in [1.165, 1.54) is 4.90 Å². The summed E-state index contributed by atoms with van der Waals surface area (Å²) in [6, 6.07) is 5.61. The summed E-state index contributed by atoms with van der Waals surface area (Å²) in [4.78, 5) is 27.9. The number of nitrogens with one attached hydrogen (secondary N) is 2.